The summed E-state index contributed by atoms with van der Waals surface area (Å²) in [5.74, 6) is 1.40. The molecule has 1 aliphatic heterocycles. The van der Waals surface area contributed by atoms with Crippen LogP contribution in [0.2, 0.25) is 0 Å². The fraction of sp³-hybridized carbons (Fsp3) is 0.300. The summed E-state index contributed by atoms with van der Waals surface area (Å²) in [4.78, 5) is 14.7. The summed E-state index contributed by atoms with van der Waals surface area (Å²) >= 11 is 0. The monoisotopic (exact) mass is 363 g/mol. The van der Waals surface area contributed by atoms with Gasteiger partial charge in [-0.2, -0.15) is 0 Å². The van der Waals surface area contributed by atoms with Gasteiger partial charge in [-0.15, -0.1) is 5.10 Å². The van der Waals surface area contributed by atoms with Gasteiger partial charge in [0.05, 0.1) is 0 Å². The van der Waals surface area contributed by atoms with E-state index in [9.17, 15) is 4.79 Å². The van der Waals surface area contributed by atoms with Crippen LogP contribution < -0.4 is 4.74 Å². The molecule has 3 aromatic rings. The van der Waals surface area contributed by atoms with Gasteiger partial charge in [0.15, 0.2) is 5.82 Å². The van der Waals surface area contributed by atoms with E-state index in [0.717, 1.165) is 13.0 Å². The maximum absolute atomic E-state index is 12.8. The minimum atomic E-state index is 0.0472. The predicted octanol–water partition coefficient (Wildman–Crippen LogP) is 2.47. The summed E-state index contributed by atoms with van der Waals surface area (Å²) in [7, 11) is 0. The number of hydrogen-bond acceptors (Lipinski definition) is 5. The average molecular weight is 363 g/mol. The lowest BCUT2D eigenvalue weighted by Crippen LogP contribution is -2.35. The van der Waals surface area contributed by atoms with Crippen LogP contribution in [0, 0.1) is 0 Å². The van der Waals surface area contributed by atoms with E-state index >= 15 is 0 Å². The third-order valence-corrected chi connectivity index (χ3v) is 4.79. The Bertz CT molecular complexity index is 936. The van der Waals surface area contributed by atoms with E-state index < -0.39 is 0 Å². The molecule has 2 heterocycles. The number of aryl methyl sites for hydroxylation is 1. The lowest BCUT2D eigenvalue weighted by Gasteiger charge is -2.29. The first-order valence-corrected chi connectivity index (χ1v) is 9.08. The van der Waals surface area contributed by atoms with Crippen molar-refractivity contribution in [1.82, 2.24) is 25.1 Å². The van der Waals surface area contributed by atoms with Crippen molar-refractivity contribution in [3.05, 3.63) is 71.0 Å². The molecule has 27 heavy (non-hydrogen) atoms. The summed E-state index contributed by atoms with van der Waals surface area (Å²) in [5, 5.41) is 11.5. The summed E-state index contributed by atoms with van der Waals surface area (Å²) in [6.07, 6.45) is 0.898. The zero-order valence-corrected chi connectivity index (χ0v) is 15.2. The Morgan fingerprint density at radius 3 is 2.67 bits per heavy atom. The third-order valence-electron chi connectivity index (χ3n) is 4.79. The van der Waals surface area contributed by atoms with E-state index in [4.69, 9.17) is 4.74 Å². The van der Waals surface area contributed by atoms with Gasteiger partial charge in [0.2, 0.25) is 0 Å². The first-order chi connectivity index (χ1) is 13.2. The number of rotatable bonds is 5. The average Bonchev–Trinajstić information content (AvgIpc) is 3.19. The minimum Gasteiger partial charge on any atom is -0.486 e. The van der Waals surface area contributed by atoms with Gasteiger partial charge in [-0.1, -0.05) is 24.3 Å². The second-order valence-corrected chi connectivity index (χ2v) is 6.47. The molecule has 0 spiro atoms. The summed E-state index contributed by atoms with van der Waals surface area (Å²) in [6, 6.07) is 15.5. The van der Waals surface area contributed by atoms with Gasteiger partial charge in [-0.05, 0) is 59.2 Å². The number of carbonyl (C=O) groups is 1. The van der Waals surface area contributed by atoms with E-state index in [-0.39, 0.29) is 12.5 Å². The molecule has 0 saturated heterocycles. The molecule has 0 unspecified atom stereocenters. The molecule has 0 saturated carbocycles. The summed E-state index contributed by atoms with van der Waals surface area (Å²) in [6.45, 7) is 4.36. The Balaban J connectivity index is 1.39. The van der Waals surface area contributed by atoms with E-state index in [1.807, 2.05) is 36.1 Å². The zero-order chi connectivity index (χ0) is 18.6. The first-order valence-electron chi connectivity index (χ1n) is 9.08. The highest BCUT2D eigenvalue weighted by Gasteiger charge is 2.21. The van der Waals surface area contributed by atoms with Crippen LogP contribution >= 0.6 is 0 Å². The maximum atomic E-state index is 12.8. The molecule has 0 N–H and O–H groups in total. The molecule has 1 amide bonds. The molecule has 2 aromatic carbocycles. The van der Waals surface area contributed by atoms with Gasteiger partial charge in [-0.3, -0.25) is 4.79 Å². The van der Waals surface area contributed by atoms with E-state index in [1.165, 1.54) is 11.1 Å². The van der Waals surface area contributed by atoms with Gasteiger partial charge in [0.1, 0.15) is 12.4 Å². The Morgan fingerprint density at radius 1 is 1.11 bits per heavy atom. The van der Waals surface area contributed by atoms with Gasteiger partial charge >= 0.3 is 0 Å². The highest BCUT2D eigenvalue weighted by molar-refractivity contribution is 5.94. The number of fused-ring (bicyclic) bond motifs is 1. The number of aromatic nitrogens is 4. The highest BCUT2D eigenvalue weighted by atomic mass is 16.5. The van der Waals surface area contributed by atoms with Crippen molar-refractivity contribution in [3.8, 4) is 5.75 Å². The summed E-state index contributed by atoms with van der Waals surface area (Å²) in [5.41, 5.74) is 3.23. The molecule has 0 fully saturated rings. The molecule has 0 radical (unpaired) electrons. The van der Waals surface area contributed by atoms with E-state index in [0.29, 0.717) is 30.2 Å². The van der Waals surface area contributed by atoms with Crippen molar-refractivity contribution >= 4 is 5.91 Å². The van der Waals surface area contributed by atoms with E-state index in [2.05, 4.69) is 27.7 Å². The van der Waals surface area contributed by atoms with Crippen LogP contribution in [0.3, 0.4) is 0 Å². The van der Waals surface area contributed by atoms with Crippen molar-refractivity contribution in [2.45, 2.75) is 33.0 Å². The van der Waals surface area contributed by atoms with Crippen LogP contribution in [-0.4, -0.2) is 37.6 Å². The van der Waals surface area contributed by atoms with Crippen LogP contribution in [0.25, 0.3) is 0 Å². The number of benzene rings is 2. The Labute approximate surface area is 157 Å². The van der Waals surface area contributed by atoms with Crippen LogP contribution in [0.15, 0.2) is 48.5 Å². The molecular formula is C20H21N5O2. The fourth-order valence-corrected chi connectivity index (χ4v) is 3.27. The second-order valence-electron chi connectivity index (χ2n) is 6.47. The maximum Gasteiger partial charge on any atom is 0.254 e. The molecule has 0 aliphatic carbocycles. The zero-order valence-electron chi connectivity index (χ0n) is 15.2. The molecule has 7 heteroatoms. The SMILES string of the molecule is CCn1nnnc1COc1ccc(C(=O)N2CCc3ccccc3C2)cc1. The van der Waals surface area contributed by atoms with Gasteiger partial charge < -0.3 is 9.64 Å². The van der Waals surface area contributed by atoms with Gasteiger partial charge in [0, 0.05) is 25.2 Å². The molecule has 7 nitrogen and oxygen atoms in total. The Hall–Kier alpha value is -3.22. The molecule has 0 atom stereocenters. The smallest absolute Gasteiger partial charge is 0.254 e. The molecule has 0 bridgehead atoms. The van der Waals surface area contributed by atoms with Crippen molar-refractivity contribution in [3.63, 3.8) is 0 Å². The molecule has 4 rings (SSSR count). The topological polar surface area (TPSA) is 73.1 Å². The number of ether oxygens (including phenoxy) is 1. The fourth-order valence-electron chi connectivity index (χ4n) is 3.27. The lowest BCUT2D eigenvalue weighted by molar-refractivity contribution is 0.0734. The van der Waals surface area contributed by atoms with Crippen LogP contribution in [-0.2, 0) is 26.1 Å². The Morgan fingerprint density at radius 2 is 1.89 bits per heavy atom. The summed E-state index contributed by atoms with van der Waals surface area (Å²) < 4.78 is 7.42. The van der Waals surface area contributed by atoms with Crippen molar-refractivity contribution in [2.75, 3.05) is 6.54 Å². The normalized spacial score (nSPS) is 13.3. The molecule has 1 aliphatic rings. The molecule has 1 aromatic heterocycles. The minimum absolute atomic E-state index is 0.0472. The molecular weight excluding hydrogens is 342 g/mol. The largest absolute Gasteiger partial charge is 0.486 e. The number of carbonyl (C=O) groups excluding carboxylic acids is 1. The van der Waals surface area contributed by atoms with Gasteiger partial charge in [0.25, 0.3) is 5.91 Å². The first kappa shape index (κ1) is 17.2. The van der Waals surface area contributed by atoms with Crippen LogP contribution in [0.4, 0.5) is 0 Å². The van der Waals surface area contributed by atoms with Crippen molar-refractivity contribution in [1.29, 1.82) is 0 Å². The standard InChI is InChI=1S/C20H21N5O2/c1-2-25-19(21-22-23-25)14-27-18-9-7-16(8-10-18)20(26)24-12-11-15-5-3-4-6-17(15)13-24/h3-10H,2,11-14H2,1H3. The van der Waals surface area contributed by atoms with Crippen molar-refractivity contribution in [2.24, 2.45) is 0 Å². The lowest BCUT2D eigenvalue weighted by atomic mass is 9.99. The number of nitrogens with zero attached hydrogens (tertiary/aromatic N) is 5. The van der Waals surface area contributed by atoms with Crippen LogP contribution in [0.1, 0.15) is 34.2 Å². The predicted molar refractivity (Wildman–Crippen MR) is 99.2 cm³/mol. The van der Waals surface area contributed by atoms with Crippen molar-refractivity contribution < 1.29 is 9.53 Å². The third kappa shape index (κ3) is 3.67. The highest BCUT2D eigenvalue weighted by Crippen LogP contribution is 2.21. The number of hydrogen-bond donors (Lipinski definition) is 0. The number of amides is 1. The van der Waals surface area contributed by atoms with E-state index in [1.54, 1.807) is 16.8 Å². The second kappa shape index (κ2) is 7.57. The van der Waals surface area contributed by atoms with Crippen LogP contribution in [0.5, 0.6) is 5.75 Å². The van der Waals surface area contributed by atoms with Gasteiger partial charge in [-0.25, -0.2) is 4.68 Å². The molecule has 138 valence electrons. The quantitative estimate of drug-likeness (QED) is 0.696. The Kier molecular flexibility index (Phi) is 4.82. The number of tetrazole rings is 1.